The predicted molar refractivity (Wildman–Crippen MR) is 86.8 cm³/mol. The second-order valence-corrected chi connectivity index (χ2v) is 5.67. The zero-order chi connectivity index (χ0) is 15.5. The lowest BCUT2D eigenvalue weighted by Crippen LogP contribution is -2.36. The summed E-state index contributed by atoms with van der Waals surface area (Å²) in [5.74, 6) is 1.51. The second kappa shape index (κ2) is 10.1. The molecule has 0 saturated carbocycles. The summed E-state index contributed by atoms with van der Waals surface area (Å²) in [6.07, 6.45) is 4.10. The van der Waals surface area contributed by atoms with Crippen molar-refractivity contribution >= 4 is 6.03 Å². The molecule has 21 heavy (non-hydrogen) atoms. The number of hydrogen-bond donors (Lipinski definition) is 2. The maximum Gasteiger partial charge on any atom is 0.314 e. The number of benzene rings is 1. The molecule has 4 nitrogen and oxygen atoms in total. The van der Waals surface area contributed by atoms with Crippen LogP contribution in [0.4, 0.5) is 4.79 Å². The number of hydrogen-bond acceptors (Lipinski definition) is 2. The van der Waals surface area contributed by atoms with Crippen LogP contribution in [0, 0.1) is 5.92 Å². The Morgan fingerprint density at radius 1 is 1.10 bits per heavy atom. The number of amides is 2. The number of carbonyl (C=O) groups is 1. The molecule has 0 radical (unpaired) electrons. The maximum atomic E-state index is 11.5. The highest BCUT2D eigenvalue weighted by Crippen LogP contribution is 2.12. The molecule has 0 fully saturated rings. The van der Waals surface area contributed by atoms with Gasteiger partial charge in [-0.2, -0.15) is 0 Å². The highest BCUT2D eigenvalue weighted by molar-refractivity contribution is 5.73. The molecule has 0 spiro atoms. The number of carbonyl (C=O) groups excluding carboxylic acids is 1. The Morgan fingerprint density at radius 3 is 2.38 bits per heavy atom. The molecule has 0 atom stereocenters. The van der Waals surface area contributed by atoms with Gasteiger partial charge >= 0.3 is 6.03 Å². The van der Waals surface area contributed by atoms with Gasteiger partial charge in [0.25, 0.3) is 0 Å². The van der Waals surface area contributed by atoms with Crippen molar-refractivity contribution in [1.29, 1.82) is 0 Å². The molecule has 0 unspecified atom stereocenters. The van der Waals surface area contributed by atoms with Gasteiger partial charge in [-0.25, -0.2) is 4.79 Å². The highest BCUT2D eigenvalue weighted by Gasteiger charge is 2.00. The Bertz CT molecular complexity index is 402. The Hall–Kier alpha value is -1.71. The van der Waals surface area contributed by atoms with Crippen LogP contribution in [0.25, 0.3) is 0 Å². The van der Waals surface area contributed by atoms with Crippen molar-refractivity contribution in [2.45, 2.75) is 39.5 Å². The molecule has 2 N–H and O–H groups in total. The first kappa shape index (κ1) is 17.3. The minimum Gasteiger partial charge on any atom is -0.497 e. The van der Waals surface area contributed by atoms with E-state index in [1.54, 1.807) is 7.11 Å². The van der Waals surface area contributed by atoms with Crippen molar-refractivity contribution in [2.24, 2.45) is 5.92 Å². The van der Waals surface area contributed by atoms with E-state index < -0.39 is 0 Å². The summed E-state index contributed by atoms with van der Waals surface area (Å²) in [7, 11) is 1.67. The number of unbranched alkanes of at least 4 members (excludes halogenated alkanes) is 1. The number of urea groups is 1. The van der Waals surface area contributed by atoms with Crippen molar-refractivity contribution in [3.05, 3.63) is 29.8 Å². The summed E-state index contributed by atoms with van der Waals surface area (Å²) in [6, 6.07) is 8.08. The summed E-state index contributed by atoms with van der Waals surface area (Å²) in [5, 5.41) is 5.76. The lowest BCUT2D eigenvalue weighted by molar-refractivity contribution is 0.240. The van der Waals surface area contributed by atoms with E-state index in [2.05, 4.69) is 36.6 Å². The lowest BCUT2D eigenvalue weighted by atomic mass is 10.1. The van der Waals surface area contributed by atoms with Crippen molar-refractivity contribution in [1.82, 2.24) is 10.6 Å². The Morgan fingerprint density at radius 2 is 1.76 bits per heavy atom. The summed E-state index contributed by atoms with van der Waals surface area (Å²) in [4.78, 5) is 11.5. The molecule has 0 aliphatic heterocycles. The third-order valence-corrected chi connectivity index (χ3v) is 3.34. The largest absolute Gasteiger partial charge is 0.497 e. The van der Waals surface area contributed by atoms with Gasteiger partial charge in [0.1, 0.15) is 5.75 Å². The molecule has 0 heterocycles. The average Bonchev–Trinajstić information content (AvgIpc) is 2.47. The third kappa shape index (κ3) is 8.23. The van der Waals surface area contributed by atoms with Gasteiger partial charge in [-0.15, -0.1) is 0 Å². The first-order chi connectivity index (χ1) is 10.1. The van der Waals surface area contributed by atoms with Crippen molar-refractivity contribution in [2.75, 3.05) is 20.2 Å². The minimum absolute atomic E-state index is 0.0555. The van der Waals surface area contributed by atoms with E-state index in [1.807, 2.05) is 12.1 Å². The van der Waals surface area contributed by atoms with Gasteiger partial charge in [-0.1, -0.05) is 26.0 Å². The fraction of sp³-hybridized carbons (Fsp3) is 0.588. The molecule has 4 heteroatoms. The van der Waals surface area contributed by atoms with E-state index >= 15 is 0 Å². The first-order valence-electron chi connectivity index (χ1n) is 7.76. The van der Waals surface area contributed by atoms with Gasteiger partial charge in [-0.05, 0) is 49.3 Å². The van der Waals surface area contributed by atoms with Crippen LogP contribution < -0.4 is 15.4 Å². The van der Waals surface area contributed by atoms with E-state index in [4.69, 9.17) is 4.74 Å². The highest BCUT2D eigenvalue weighted by atomic mass is 16.5. The van der Waals surface area contributed by atoms with Crippen LogP contribution in [-0.2, 0) is 6.42 Å². The van der Waals surface area contributed by atoms with E-state index in [-0.39, 0.29) is 6.03 Å². The molecule has 0 saturated heterocycles. The SMILES string of the molecule is COc1ccc(CCCCNC(=O)NCCC(C)C)cc1. The van der Waals surface area contributed by atoms with Gasteiger partial charge in [-0.3, -0.25) is 0 Å². The number of nitrogens with one attached hydrogen (secondary N) is 2. The van der Waals surface area contributed by atoms with Crippen LogP contribution in [0.2, 0.25) is 0 Å². The molecule has 118 valence electrons. The summed E-state index contributed by atoms with van der Waals surface area (Å²) >= 11 is 0. The fourth-order valence-corrected chi connectivity index (χ4v) is 1.99. The number of ether oxygens (including phenoxy) is 1. The van der Waals surface area contributed by atoms with Crippen molar-refractivity contribution in [3.8, 4) is 5.75 Å². The summed E-state index contributed by atoms with van der Waals surface area (Å²) in [6.45, 7) is 5.77. The molecular weight excluding hydrogens is 264 g/mol. The van der Waals surface area contributed by atoms with E-state index in [1.165, 1.54) is 5.56 Å². The fourth-order valence-electron chi connectivity index (χ4n) is 1.99. The van der Waals surface area contributed by atoms with Crippen LogP contribution >= 0.6 is 0 Å². The Balaban J connectivity index is 2.04. The van der Waals surface area contributed by atoms with E-state index in [9.17, 15) is 4.79 Å². The number of aryl methyl sites for hydroxylation is 1. The van der Waals surface area contributed by atoms with Gasteiger partial charge in [0.05, 0.1) is 7.11 Å². The van der Waals surface area contributed by atoms with Crippen molar-refractivity contribution < 1.29 is 9.53 Å². The second-order valence-electron chi connectivity index (χ2n) is 5.67. The normalized spacial score (nSPS) is 10.5. The molecule has 1 rings (SSSR count). The van der Waals surface area contributed by atoms with Gasteiger partial charge in [0.2, 0.25) is 0 Å². The smallest absolute Gasteiger partial charge is 0.314 e. The molecule has 2 amide bonds. The van der Waals surface area contributed by atoms with E-state index in [0.717, 1.165) is 44.5 Å². The first-order valence-corrected chi connectivity index (χ1v) is 7.76. The number of rotatable bonds is 9. The van der Waals surface area contributed by atoms with Crippen LogP contribution in [0.15, 0.2) is 24.3 Å². The van der Waals surface area contributed by atoms with E-state index in [0.29, 0.717) is 5.92 Å². The van der Waals surface area contributed by atoms with Gasteiger partial charge < -0.3 is 15.4 Å². The molecule has 0 aromatic heterocycles. The van der Waals surface area contributed by atoms with Gasteiger partial charge in [0, 0.05) is 13.1 Å². The average molecular weight is 292 g/mol. The zero-order valence-corrected chi connectivity index (χ0v) is 13.4. The van der Waals surface area contributed by atoms with Crippen LogP contribution in [0.1, 0.15) is 38.7 Å². The summed E-state index contributed by atoms with van der Waals surface area (Å²) < 4.78 is 5.13. The standard InChI is InChI=1S/C17H28N2O2/c1-14(2)11-13-19-17(20)18-12-5-4-6-15-7-9-16(21-3)10-8-15/h7-10,14H,4-6,11-13H2,1-3H3,(H2,18,19,20). The Labute approximate surface area is 128 Å². The van der Waals surface area contributed by atoms with Crippen molar-refractivity contribution in [3.63, 3.8) is 0 Å². The zero-order valence-electron chi connectivity index (χ0n) is 13.4. The predicted octanol–water partition coefficient (Wildman–Crippen LogP) is 3.36. The molecule has 1 aromatic rings. The van der Waals surface area contributed by atoms with Crippen LogP contribution in [0.5, 0.6) is 5.75 Å². The molecule has 1 aromatic carbocycles. The maximum absolute atomic E-state index is 11.5. The number of methoxy groups -OCH3 is 1. The Kier molecular flexibility index (Phi) is 8.32. The quantitative estimate of drug-likeness (QED) is 0.686. The van der Waals surface area contributed by atoms with Crippen LogP contribution in [0.3, 0.4) is 0 Å². The van der Waals surface area contributed by atoms with Gasteiger partial charge in [0.15, 0.2) is 0 Å². The monoisotopic (exact) mass is 292 g/mol. The minimum atomic E-state index is -0.0555. The third-order valence-electron chi connectivity index (χ3n) is 3.34. The molecule has 0 bridgehead atoms. The molecule has 0 aliphatic carbocycles. The summed E-state index contributed by atoms with van der Waals surface area (Å²) in [5.41, 5.74) is 1.30. The topological polar surface area (TPSA) is 50.4 Å². The lowest BCUT2D eigenvalue weighted by Gasteiger charge is -2.09. The van der Waals surface area contributed by atoms with Crippen LogP contribution in [-0.4, -0.2) is 26.2 Å². The molecular formula is C17H28N2O2. The molecule has 0 aliphatic rings.